The zero-order valence-electron chi connectivity index (χ0n) is 9.06. The summed E-state index contributed by atoms with van der Waals surface area (Å²) >= 11 is 3.84. The summed E-state index contributed by atoms with van der Waals surface area (Å²) < 4.78 is 0. The molecule has 0 bridgehead atoms. The van der Waals surface area contributed by atoms with Gasteiger partial charge < -0.3 is 0 Å². The summed E-state index contributed by atoms with van der Waals surface area (Å²) in [6.45, 7) is 4.62. The van der Waals surface area contributed by atoms with E-state index in [-0.39, 0.29) is 0 Å². The lowest BCUT2D eigenvalue weighted by atomic mass is 9.79. The third-order valence-electron chi connectivity index (χ3n) is 3.54. The monoisotopic (exact) mass is 246 g/mol. The minimum Gasteiger partial charge on any atom is -0.0888 e. The summed E-state index contributed by atoms with van der Waals surface area (Å²) in [4.78, 5) is 0.801. The molecule has 1 atom stereocenters. The Hall–Kier alpha value is 0.480. The van der Waals surface area contributed by atoms with Gasteiger partial charge >= 0.3 is 0 Å². The van der Waals surface area contributed by atoms with Crippen LogP contribution >= 0.6 is 15.9 Å². The van der Waals surface area contributed by atoms with Crippen LogP contribution in [0.25, 0.3) is 0 Å². The lowest BCUT2D eigenvalue weighted by Crippen LogP contribution is -2.21. The Morgan fingerprint density at radius 2 is 1.77 bits per heavy atom. The smallest absolute Gasteiger partial charge is 0.0174 e. The standard InChI is InChI=1S/C12H23Br/c1-3-5-12(13)11-8-6-10(4-2)7-9-11/h10-12H,3-9H2,1-2H3. The zero-order valence-corrected chi connectivity index (χ0v) is 10.6. The second kappa shape index (κ2) is 6.06. The van der Waals surface area contributed by atoms with Crippen LogP contribution in [0.15, 0.2) is 0 Å². The van der Waals surface area contributed by atoms with E-state index in [1.165, 1.54) is 44.9 Å². The van der Waals surface area contributed by atoms with Gasteiger partial charge in [-0.15, -0.1) is 0 Å². The lowest BCUT2D eigenvalue weighted by molar-refractivity contribution is 0.262. The van der Waals surface area contributed by atoms with Crippen LogP contribution in [0.5, 0.6) is 0 Å². The third kappa shape index (κ3) is 3.61. The van der Waals surface area contributed by atoms with Gasteiger partial charge in [-0.2, -0.15) is 0 Å². The summed E-state index contributed by atoms with van der Waals surface area (Å²) in [5, 5.41) is 0. The molecular weight excluding hydrogens is 224 g/mol. The van der Waals surface area contributed by atoms with Crippen molar-refractivity contribution in [1.29, 1.82) is 0 Å². The van der Waals surface area contributed by atoms with Crippen LogP contribution in [-0.4, -0.2) is 4.83 Å². The van der Waals surface area contributed by atoms with Crippen molar-refractivity contribution in [3.63, 3.8) is 0 Å². The molecule has 0 radical (unpaired) electrons. The largest absolute Gasteiger partial charge is 0.0888 e. The molecule has 0 nitrogen and oxygen atoms in total. The van der Waals surface area contributed by atoms with Gasteiger partial charge in [-0.1, -0.05) is 55.5 Å². The van der Waals surface area contributed by atoms with Crippen molar-refractivity contribution in [2.75, 3.05) is 0 Å². The second-order valence-electron chi connectivity index (χ2n) is 4.49. The number of hydrogen-bond acceptors (Lipinski definition) is 0. The van der Waals surface area contributed by atoms with Gasteiger partial charge in [0.1, 0.15) is 0 Å². The Morgan fingerprint density at radius 3 is 2.23 bits per heavy atom. The SMILES string of the molecule is CCCC(Br)C1CCC(CC)CC1. The van der Waals surface area contributed by atoms with Gasteiger partial charge in [0.05, 0.1) is 0 Å². The molecule has 1 aliphatic rings. The van der Waals surface area contributed by atoms with Crippen LogP contribution in [0.3, 0.4) is 0 Å². The minimum atomic E-state index is 0.801. The molecule has 1 aliphatic carbocycles. The van der Waals surface area contributed by atoms with E-state index in [0.717, 1.165) is 16.7 Å². The topological polar surface area (TPSA) is 0 Å². The van der Waals surface area contributed by atoms with Gasteiger partial charge in [-0.25, -0.2) is 0 Å². The Kier molecular flexibility index (Phi) is 5.38. The molecule has 1 rings (SSSR count). The van der Waals surface area contributed by atoms with Crippen LogP contribution < -0.4 is 0 Å². The van der Waals surface area contributed by atoms with E-state index in [1.54, 1.807) is 0 Å². The maximum absolute atomic E-state index is 3.84. The second-order valence-corrected chi connectivity index (χ2v) is 5.67. The van der Waals surface area contributed by atoms with E-state index in [0.29, 0.717) is 0 Å². The zero-order chi connectivity index (χ0) is 9.68. The van der Waals surface area contributed by atoms with Gasteiger partial charge in [-0.05, 0) is 31.1 Å². The summed E-state index contributed by atoms with van der Waals surface area (Å²) in [7, 11) is 0. The first-order valence-corrected chi connectivity index (χ1v) is 6.83. The molecule has 1 fully saturated rings. The maximum atomic E-state index is 3.84. The van der Waals surface area contributed by atoms with E-state index >= 15 is 0 Å². The van der Waals surface area contributed by atoms with Crippen molar-refractivity contribution < 1.29 is 0 Å². The molecule has 1 saturated carbocycles. The van der Waals surface area contributed by atoms with E-state index in [2.05, 4.69) is 29.8 Å². The normalized spacial score (nSPS) is 31.6. The maximum Gasteiger partial charge on any atom is 0.0174 e. The molecule has 0 N–H and O–H groups in total. The van der Waals surface area contributed by atoms with Crippen LogP contribution in [0.1, 0.15) is 58.8 Å². The van der Waals surface area contributed by atoms with Gasteiger partial charge in [0, 0.05) is 4.83 Å². The molecule has 0 saturated heterocycles. The first kappa shape index (κ1) is 11.6. The molecular formula is C12H23Br. The highest BCUT2D eigenvalue weighted by Gasteiger charge is 2.24. The number of alkyl halides is 1. The van der Waals surface area contributed by atoms with E-state index in [4.69, 9.17) is 0 Å². The first-order chi connectivity index (χ1) is 6.27. The highest BCUT2D eigenvalue weighted by molar-refractivity contribution is 9.09. The van der Waals surface area contributed by atoms with Crippen LogP contribution in [0.2, 0.25) is 0 Å². The summed E-state index contributed by atoms with van der Waals surface area (Å²) in [5.41, 5.74) is 0. The van der Waals surface area contributed by atoms with Gasteiger partial charge in [-0.3, -0.25) is 0 Å². The van der Waals surface area contributed by atoms with Gasteiger partial charge in [0.15, 0.2) is 0 Å². The predicted octanol–water partition coefficient (Wildman–Crippen LogP) is 4.77. The van der Waals surface area contributed by atoms with Gasteiger partial charge in [0.25, 0.3) is 0 Å². The Balaban J connectivity index is 2.23. The molecule has 0 spiro atoms. The number of hydrogen-bond donors (Lipinski definition) is 0. The van der Waals surface area contributed by atoms with Crippen LogP contribution in [0, 0.1) is 11.8 Å². The molecule has 1 heteroatoms. The van der Waals surface area contributed by atoms with Gasteiger partial charge in [0.2, 0.25) is 0 Å². The molecule has 78 valence electrons. The Morgan fingerprint density at radius 1 is 1.15 bits per heavy atom. The fourth-order valence-electron chi connectivity index (χ4n) is 2.47. The lowest BCUT2D eigenvalue weighted by Gasteiger charge is -2.30. The molecule has 0 heterocycles. The fourth-order valence-corrected chi connectivity index (χ4v) is 3.46. The molecule has 0 aliphatic heterocycles. The predicted molar refractivity (Wildman–Crippen MR) is 63.4 cm³/mol. The number of rotatable bonds is 4. The van der Waals surface area contributed by atoms with Crippen LogP contribution in [-0.2, 0) is 0 Å². The quantitative estimate of drug-likeness (QED) is 0.628. The number of halogens is 1. The van der Waals surface area contributed by atoms with E-state index < -0.39 is 0 Å². The average Bonchev–Trinajstić information content (AvgIpc) is 2.18. The fraction of sp³-hybridized carbons (Fsp3) is 1.00. The molecule has 0 aromatic heterocycles. The van der Waals surface area contributed by atoms with Crippen molar-refractivity contribution in [2.24, 2.45) is 11.8 Å². The minimum absolute atomic E-state index is 0.801. The highest BCUT2D eigenvalue weighted by Crippen LogP contribution is 2.36. The third-order valence-corrected chi connectivity index (χ3v) is 4.75. The molecule has 0 aromatic carbocycles. The summed E-state index contributed by atoms with van der Waals surface area (Å²) in [6.07, 6.45) is 9.97. The van der Waals surface area contributed by atoms with Crippen molar-refractivity contribution in [3.8, 4) is 0 Å². The first-order valence-electron chi connectivity index (χ1n) is 5.92. The van der Waals surface area contributed by atoms with Crippen molar-refractivity contribution in [3.05, 3.63) is 0 Å². The average molecular weight is 247 g/mol. The van der Waals surface area contributed by atoms with Crippen LogP contribution in [0.4, 0.5) is 0 Å². The highest BCUT2D eigenvalue weighted by atomic mass is 79.9. The van der Waals surface area contributed by atoms with Crippen molar-refractivity contribution >= 4 is 15.9 Å². The molecule has 1 unspecified atom stereocenters. The van der Waals surface area contributed by atoms with E-state index in [9.17, 15) is 0 Å². The molecule has 0 amide bonds. The Bertz CT molecular complexity index is 125. The van der Waals surface area contributed by atoms with Crippen molar-refractivity contribution in [2.45, 2.75) is 63.6 Å². The molecule has 0 aromatic rings. The van der Waals surface area contributed by atoms with E-state index in [1.807, 2.05) is 0 Å². The van der Waals surface area contributed by atoms with Crippen molar-refractivity contribution in [1.82, 2.24) is 0 Å². The Labute approximate surface area is 91.6 Å². The summed E-state index contributed by atoms with van der Waals surface area (Å²) in [6, 6.07) is 0. The summed E-state index contributed by atoms with van der Waals surface area (Å²) in [5.74, 6) is 2.01. The molecule has 13 heavy (non-hydrogen) atoms.